The minimum absolute atomic E-state index is 0.121. The number of ether oxygens (including phenoxy) is 2. The molecule has 0 saturated carbocycles. The molecule has 0 unspecified atom stereocenters. The van der Waals surface area contributed by atoms with Gasteiger partial charge in [-0.3, -0.25) is 0 Å². The van der Waals surface area contributed by atoms with E-state index in [2.05, 4.69) is 0 Å². The van der Waals surface area contributed by atoms with Gasteiger partial charge < -0.3 is 9.47 Å². The highest BCUT2D eigenvalue weighted by Crippen LogP contribution is 2.22. The molecule has 3 nitrogen and oxygen atoms in total. The molecule has 0 aliphatic rings. The molecule has 3 aromatic rings. The van der Waals surface area contributed by atoms with Gasteiger partial charge in [0.2, 0.25) is 0 Å². The molecule has 0 amide bonds. The molecule has 0 heterocycles. The normalized spacial score (nSPS) is 10.3. The molecule has 0 aliphatic heterocycles. The molecule has 0 N–H and O–H groups in total. The van der Waals surface area contributed by atoms with Crippen LogP contribution in [-0.4, -0.2) is 12.6 Å². The average molecular weight is 332 g/mol. The lowest BCUT2D eigenvalue weighted by molar-refractivity contribution is -0.136. The third-order valence-electron chi connectivity index (χ3n) is 3.87. The Balaban J connectivity index is 1.57. The van der Waals surface area contributed by atoms with E-state index in [0.29, 0.717) is 11.5 Å². The van der Waals surface area contributed by atoms with Crippen LogP contribution in [0.4, 0.5) is 0 Å². The fourth-order valence-electron chi connectivity index (χ4n) is 2.60. The molecule has 0 aliphatic carbocycles. The van der Waals surface area contributed by atoms with E-state index in [-0.39, 0.29) is 6.61 Å². The molecule has 0 radical (unpaired) electrons. The van der Waals surface area contributed by atoms with Crippen molar-refractivity contribution in [3.63, 3.8) is 0 Å². The van der Waals surface area contributed by atoms with Gasteiger partial charge in [0.05, 0.1) is 0 Å². The van der Waals surface area contributed by atoms with Crippen LogP contribution in [0.1, 0.15) is 11.1 Å². The summed E-state index contributed by atoms with van der Waals surface area (Å²) in [5.74, 6) is 0.781. The van der Waals surface area contributed by atoms with E-state index in [1.54, 1.807) is 12.1 Å². The molecule has 126 valence electrons. The van der Waals surface area contributed by atoms with E-state index in [1.807, 2.05) is 74.5 Å². The lowest BCUT2D eigenvalue weighted by atomic mass is 10.1. The summed E-state index contributed by atoms with van der Waals surface area (Å²) >= 11 is 0. The molecule has 0 atom stereocenters. The molecule has 0 saturated heterocycles. The van der Waals surface area contributed by atoms with Crippen LogP contribution in [0.5, 0.6) is 11.5 Å². The number of hydrogen-bond acceptors (Lipinski definition) is 3. The number of carbonyl (C=O) groups is 1. The van der Waals surface area contributed by atoms with Gasteiger partial charge in [-0.1, -0.05) is 60.2 Å². The van der Waals surface area contributed by atoms with Crippen molar-refractivity contribution < 1.29 is 14.3 Å². The van der Waals surface area contributed by atoms with Crippen molar-refractivity contribution in [3.8, 4) is 22.6 Å². The molecule has 0 bridgehead atoms. The first-order valence-electron chi connectivity index (χ1n) is 8.18. The van der Waals surface area contributed by atoms with Gasteiger partial charge in [0, 0.05) is 0 Å². The average Bonchev–Trinajstić information content (AvgIpc) is 2.62. The smallest absolute Gasteiger partial charge is 0.349 e. The van der Waals surface area contributed by atoms with Gasteiger partial charge in [-0.05, 0) is 48.7 Å². The highest BCUT2D eigenvalue weighted by molar-refractivity contribution is 5.74. The number of esters is 1. The molecular formula is C22H20O3. The maximum absolute atomic E-state index is 12.0. The number of aryl methyl sites for hydroxylation is 2. The zero-order valence-corrected chi connectivity index (χ0v) is 14.4. The van der Waals surface area contributed by atoms with Gasteiger partial charge in [-0.15, -0.1) is 0 Å². The Labute approximate surface area is 147 Å². The molecule has 25 heavy (non-hydrogen) atoms. The predicted octanol–water partition coefficient (Wildman–Crippen LogP) is 4.95. The summed E-state index contributed by atoms with van der Waals surface area (Å²) in [5.41, 5.74) is 4.36. The summed E-state index contributed by atoms with van der Waals surface area (Å²) in [6.07, 6.45) is 0. The lowest BCUT2D eigenvalue weighted by Crippen LogP contribution is -2.18. The number of rotatable bonds is 5. The van der Waals surface area contributed by atoms with Crippen molar-refractivity contribution in [2.75, 3.05) is 6.61 Å². The summed E-state index contributed by atoms with van der Waals surface area (Å²) in [4.78, 5) is 12.0. The first-order chi connectivity index (χ1) is 12.1. The molecule has 0 fully saturated rings. The van der Waals surface area contributed by atoms with Crippen LogP contribution in [0.3, 0.4) is 0 Å². The minimum atomic E-state index is -0.424. The van der Waals surface area contributed by atoms with E-state index in [0.717, 1.165) is 22.3 Å². The van der Waals surface area contributed by atoms with Crippen LogP contribution in [0, 0.1) is 13.8 Å². The van der Waals surface area contributed by atoms with Crippen LogP contribution < -0.4 is 9.47 Å². The Hall–Kier alpha value is -3.07. The predicted molar refractivity (Wildman–Crippen MR) is 98.9 cm³/mol. The highest BCUT2D eigenvalue weighted by Gasteiger charge is 2.08. The van der Waals surface area contributed by atoms with Crippen LogP contribution in [-0.2, 0) is 4.79 Å². The summed E-state index contributed by atoms with van der Waals surface area (Å²) in [7, 11) is 0. The third kappa shape index (κ3) is 4.48. The van der Waals surface area contributed by atoms with Crippen LogP contribution in [0.15, 0.2) is 72.8 Å². The van der Waals surface area contributed by atoms with Gasteiger partial charge in [-0.2, -0.15) is 0 Å². The fraction of sp³-hybridized carbons (Fsp3) is 0.136. The summed E-state index contributed by atoms with van der Waals surface area (Å²) in [6.45, 7) is 3.85. The molecule has 3 rings (SSSR count). The van der Waals surface area contributed by atoms with E-state index in [1.165, 1.54) is 0 Å². The van der Waals surface area contributed by atoms with Crippen molar-refractivity contribution in [3.05, 3.63) is 83.9 Å². The van der Waals surface area contributed by atoms with Crippen LogP contribution >= 0.6 is 0 Å². The second-order valence-electron chi connectivity index (χ2n) is 5.92. The van der Waals surface area contributed by atoms with Gasteiger partial charge in [0.15, 0.2) is 6.61 Å². The van der Waals surface area contributed by atoms with E-state index in [4.69, 9.17) is 9.47 Å². The number of hydrogen-bond donors (Lipinski definition) is 0. The molecule has 3 aromatic carbocycles. The first-order valence-corrected chi connectivity index (χ1v) is 8.18. The zero-order valence-electron chi connectivity index (χ0n) is 14.4. The first kappa shape index (κ1) is 16.8. The van der Waals surface area contributed by atoms with Gasteiger partial charge in [0.1, 0.15) is 11.5 Å². The largest absolute Gasteiger partial charge is 0.482 e. The Kier molecular flexibility index (Phi) is 5.14. The number of benzene rings is 3. The monoisotopic (exact) mass is 332 g/mol. The quantitative estimate of drug-likeness (QED) is 0.489. The second kappa shape index (κ2) is 7.67. The van der Waals surface area contributed by atoms with Crippen molar-refractivity contribution in [2.45, 2.75) is 13.8 Å². The maximum Gasteiger partial charge on any atom is 0.349 e. The summed E-state index contributed by atoms with van der Waals surface area (Å²) in [5, 5.41) is 0. The minimum Gasteiger partial charge on any atom is -0.482 e. The summed E-state index contributed by atoms with van der Waals surface area (Å²) in [6, 6.07) is 23.3. The molecular weight excluding hydrogens is 312 g/mol. The maximum atomic E-state index is 12.0. The molecule has 0 spiro atoms. The van der Waals surface area contributed by atoms with Crippen LogP contribution in [0.25, 0.3) is 11.1 Å². The zero-order chi connectivity index (χ0) is 17.6. The van der Waals surface area contributed by atoms with E-state index < -0.39 is 5.97 Å². The SMILES string of the molecule is Cc1ccc(OCC(=O)Oc2ccc(-c3ccccc3)cc2)c(C)c1. The highest BCUT2D eigenvalue weighted by atomic mass is 16.6. The fourth-order valence-corrected chi connectivity index (χ4v) is 2.60. The summed E-state index contributed by atoms with van der Waals surface area (Å²) < 4.78 is 10.9. The Morgan fingerprint density at radius 2 is 1.52 bits per heavy atom. The number of carbonyl (C=O) groups excluding carboxylic acids is 1. The van der Waals surface area contributed by atoms with Crippen molar-refractivity contribution in [1.29, 1.82) is 0 Å². The van der Waals surface area contributed by atoms with E-state index in [9.17, 15) is 4.79 Å². The Morgan fingerprint density at radius 1 is 0.840 bits per heavy atom. The van der Waals surface area contributed by atoms with E-state index >= 15 is 0 Å². The van der Waals surface area contributed by atoms with Gasteiger partial charge in [-0.25, -0.2) is 4.79 Å². The van der Waals surface area contributed by atoms with Crippen LogP contribution in [0.2, 0.25) is 0 Å². The molecule has 3 heteroatoms. The van der Waals surface area contributed by atoms with Crippen molar-refractivity contribution >= 4 is 5.97 Å². The Morgan fingerprint density at radius 3 is 2.20 bits per heavy atom. The standard InChI is InChI=1S/C22H20O3/c1-16-8-13-21(17(2)14-16)24-15-22(23)25-20-11-9-19(10-12-20)18-6-4-3-5-7-18/h3-14H,15H2,1-2H3. The van der Waals surface area contributed by atoms with Crippen molar-refractivity contribution in [1.82, 2.24) is 0 Å². The lowest BCUT2D eigenvalue weighted by Gasteiger charge is -2.10. The topological polar surface area (TPSA) is 35.5 Å². The third-order valence-corrected chi connectivity index (χ3v) is 3.87. The van der Waals surface area contributed by atoms with Gasteiger partial charge in [0.25, 0.3) is 0 Å². The Bertz CT molecular complexity index is 852. The second-order valence-corrected chi connectivity index (χ2v) is 5.92. The molecule has 0 aromatic heterocycles. The van der Waals surface area contributed by atoms with Gasteiger partial charge >= 0.3 is 5.97 Å². The van der Waals surface area contributed by atoms with Crippen molar-refractivity contribution in [2.24, 2.45) is 0 Å².